The maximum absolute atomic E-state index is 12.3. The summed E-state index contributed by atoms with van der Waals surface area (Å²) in [5.74, 6) is 0.488. The Bertz CT molecular complexity index is 518. The fourth-order valence-corrected chi connectivity index (χ4v) is 6.29. The van der Waals surface area contributed by atoms with Crippen LogP contribution in [0.3, 0.4) is 0 Å². The van der Waals surface area contributed by atoms with Crippen LogP contribution in [-0.4, -0.2) is 14.5 Å². The molecule has 1 fully saturated rings. The van der Waals surface area contributed by atoms with Gasteiger partial charge in [0, 0.05) is 10.9 Å². The van der Waals surface area contributed by atoms with E-state index in [0.717, 1.165) is 21.5 Å². The zero-order valence-corrected chi connectivity index (χ0v) is 13.8. The highest BCUT2D eigenvalue weighted by molar-refractivity contribution is 9.11. The minimum Gasteiger partial charge on any atom is -0.208 e. The minimum atomic E-state index is -3.38. The Kier molecular flexibility index (Phi) is 4.52. The van der Waals surface area contributed by atoms with Gasteiger partial charge in [-0.3, -0.25) is 0 Å². The van der Waals surface area contributed by atoms with Gasteiger partial charge in [-0.15, -0.1) is 11.3 Å². The molecule has 1 atom stereocenters. The Hall–Kier alpha value is 0.0900. The fraction of sp³-hybridized carbons (Fsp3) is 0.667. The third-order valence-corrected chi connectivity index (χ3v) is 6.95. The van der Waals surface area contributed by atoms with Gasteiger partial charge in [-0.05, 0) is 54.6 Å². The van der Waals surface area contributed by atoms with E-state index in [1.807, 2.05) is 13.8 Å². The highest BCUT2D eigenvalue weighted by Crippen LogP contribution is 2.31. The molecule has 6 heteroatoms. The van der Waals surface area contributed by atoms with E-state index >= 15 is 0 Å². The van der Waals surface area contributed by atoms with Gasteiger partial charge in [0.15, 0.2) is 0 Å². The molecule has 102 valence electrons. The predicted molar refractivity (Wildman–Crippen MR) is 78.5 cm³/mol. The van der Waals surface area contributed by atoms with Crippen LogP contribution in [0.4, 0.5) is 0 Å². The summed E-state index contributed by atoms with van der Waals surface area (Å²) in [6, 6.07) is 1.71. The molecule has 1 N–H and O–H groups in total. The van der Waals surface area contributed by atoms with Crippen molar-refractivity contribution in [3.05, 3.63) is 14.7 Å². The molecule has 1 aromatic rings. The Balaban J connectivity index is 2.14. The first kappa shape index (κ1) is 14.5. The quantitative estimate of drug-likeness (QED) is 0.899. The van der Waals surface area contributed by atoms with Crippen molar-refractivity contribution in [1.82, 2.24) is 4.72 Å². The van der Waals surface area contributed by atoms with Crippen LogP contribution in [0.2, 0.25) is 0 Å². The molecule has 1 aliphatic carbocycles. The predicted octanol–water partition coefficient (Wildman–Crippen LogP) is 3.68. The lowest BCUT2D eigenvalue weighted by molar-refractivity contribution is 0.424. The van der Waals surface area contributed by atoms with Crippen molar-refractivity contribution in [3.8, 4) is 0 Å². The molecule has 0 spiro atoms. The normalized spacial score (nSPS) is 19.3. The molecule has 3 nitrogen and oxygen atoms in total. The van der Waals surface area contributed by atoms with Crippen molar-refractivity contribution in [2.24, 2.45) is 5.92 Å². The topological polar surface area (TPSA) is 46.2 Å². The zero-order chi connectivity index (χ0) is 13.3. The van der Waals surface area contributed by atoms with Gasteiger partial charge in [0.2, 0.25) is 10.0 Å². The minimum absolute atomic E-state index is 0.0237. The molecule has 1 heterocycles. The van der Waals surface area contributed by atoms with Crippen LogP contribution in [0.1, 0.15) is 37.5 Å². The van der Waals surface area contributed by atoms with E-state index in [2.05, 4.69) is 20.7 Å². The number of rotatable bonds is 4. The summed E-state index contributed by atoms with van der Waals surface area (Å²) in [7, 11) is -3.38. The van der Waals surface area contributed by atoms with Gasteiger partial charge < -0.3 is 0 Å². The standard InChI is InChI=1S/C12H18BrNO2S2/c1-8(10-5-3-4-6-10)14-18(15,16)11-7-12(13)17-9(11)2/h7-8,10,14H,3-6H2,1-2H3. The Morgan fingerprint density at radius 3 is 2.56 bits per heavy atom. The van der Waals surface area contributed by atoms with Gasteiger partial charge >= 0.3 is 0 Å². The van der Waals surface area contributed by atoms with Crippen LogP contribution in [0.15, 0.2) is 14.7 Å². The van der Waals surface area contributed by atoms with Crippen LogP contribution in [0.5, 0.6) is 0 Å². The number of sulfonamides is 1. The summed E-state index contributed by atoms with van der Waals surface area (Å²) < 4.78 is 28.3. The SMILES string of the molecule is Cc1sc(Br)cc1S(=O)(=O)NC(C)C1CCCC1. The number of halogens is 1. The molecule has 0 saturated heterocycles. The molecule has 0 amide bonds. The van der Waals surface area contributed by atoms with Crippen molar-refractivity contribution < 1.29 is 8.42 Å². The second-order valence-corrected chi connectivity index (χ2v) is 9.24. The largest absolute Gasteiger partial charge is 0.241 e. The summed E-state index contributed by atoms with van der Waals surface area (Å²) in [6.45, 7) is 3.81. The second kappa shape index (κ2) is 5.61. The number of aryl methyl sites for hydroxylation is 1. The molecule has 0 aliphatic heterocycles. The van der Waals surface area contributed by atoms with E-state index in [1.54, 1.807) is 6.07 Å². The third kappa shape index (κ3) is 3.15. The first-order chi connectivity index (χ1) is 8.40. The van der Waals surface area contributed by atoms with Crippen LogP contribution in [0.25, 0.3) is 0 Å². The van der Waals surface area contributed by atoms with Gasteiger partial charge in [-0.2, -0.15) is 0 Å². The molecular formula is C12H18BrNO2S2. The maximum atomic E-state index is 12.3. The summed E-state index contributed by atoms with van der Waals surface area (Å²) in [5, 5.41) is 0. The van der Waals surface area contributed by atoms with Gasteiger partial charge in [0.25, 0.3) is 0 Å². The monoisotopic (exact) mass is 351 g/mol. The zero-order valence-electron chi connectivity index (χ0n) is 10.6. The van der Waals surface area contributed by atoms with E-state index in [0.29, 0.717) is 10.8 Å². The second-order valence-electron chi connectivity index (χ2n) is 4.93. The van der Waals surface area contributed by atoms with E-state index < -0.39 is 10.0 Å². The van der Waals surface area contributed by atoms with Crippen molar-refractivity contribution in [2.45, 2.75) is 50.5 Å². The molecule has 1 saturated carbocycles. The molecule has 0 radical (unpaired) electrons. The molecular weight excluding hydrogens is 334 g/mol. The Morgan fingerprint density at radius 1 is 1.44 bits per heavy atom. The van der Waals surface area contributed by atoms with Crippen LogP contribution in [0, 0.1) is 12.8 Å². The highest BCUT2D eigenvalue weighted by Gasteiger charge is 2.27. The molecule has 2 rings (SSSR count). The van der Waals surface area contributed by atoms with E-state index in [1.165, 1.54) is 24.2 Å². The van der Waals surface area contributed by atoms with Gasteiger partial charge in [0.05, 0.1) is 8.68 Å². The van der Waals surface area contributed by atoms with Crippen LogP contribution < -0.4 is 4.72 Å². The third-order valence-electron chi connectivity index (χ3n) is 3.58. The summed E-state index contributed by atoms with van der Waals surface area (Å²) in [5.41, 5.74) is 0. The average Bonchev–Trinajstić information content (AvgIpc) is 2.86. The lowest BCUT2D eigenvalue weighted by atomic mass is 10.0. The van der Waals surface area contributed by atoms with E-state index in [-0.39, 0.29) is 6.04 Å². The number of hydrogen-bond donors (Lipinski definition) is 1. The molecule has 1 unspecified atom stereocenters. The Labute approximate surface area is 121 Å². The van der Waals surface area contributed by atoms with E-state index in [9.17, 15) is 8.42 Å². The molecule has 1 aliphatic rings. The number of hydrogen-bond acceptors (Lipinski definition) is 3. The molecule has 0 aromatic carbocycles. The first-order valence-electron chi connectivity index (χ1n) is 6.18. The molecule has 1 aromatic heterocycles. The average molecular weight is 352 g/mol. The van der Waals surface area contributed by atoms with Crippen molar-refractivity contribution >= 4 is 37.3 Å². The summed E-state index contributed by atoms with van der Waals surface area (Å²) in [4.78, 5) is 1.23. The first-order valence-corrected chi connectivity index (χ1v) is 9.27. The molecule has 0 bridgehead atoms. The van der Waals surface area contributed by atoms with Gasteiger partial charge in [0.1, 0.15) is 0 Å². The summed E-state index contributed by atoms with van der Waals surface area (Å²) >= 11 is 4.79. The Morgan fingerprint density at radius 2 is 2.06 bits per heavy atom. The lowest BCUT2D eigenvalue weighted by Gasteiger charge is -2.20. The summed E-state index contributed by atoms with van der Waals surface area (Å²) in [6.07, 6.45) is 4.71. The van der Waals surface area contributed by atoms with Gasteiger partial charge in [-0.1, -0.05) is 12.8 Å². The fourth-order valence-electron chi connectivity index (χ4n) is 2.56. The van der Waals surface area contributed by atoms with E-state index in [4.69, 9.17) is 0 Å². The lowest BCUT2D eigenvalue weighted by Crippen LogP contribution is -2.37. The number of nitrogens with one attached hydrogen (secondary N) is 1. The molecule has 18 heavy (non-hydrogen) atoms. The van der Waals surface area contributed by atoms with Crippen molar-refractivity contribution in [2.75, 3.05) is 0 Å². The van der Waals surface area contributed by atoms with Crippen LogP contribution >= 0.6 is 27.3 Å². The maximum Gasteiger partial charge on any atom is 0.241 e. The highest BCUT2D eigenvalue weighted by atomic mass is 79.9. The van der Waals surface area contributed by atoms with Crippen molar-refractivity contribution in [1.29, 1.82) is 0 Å². The van der Waals surface area contributed by atoms with Crippen molar-refractivity contribution in [3.63, 3.8) is 0 Å². The van der Waals surface area contributed by atoms with Gasteiger partial charge in [-0.25, -0.2) is 13.1 Å². The smallest absolute Gasteiger partial charge is 0.208 e. The van der Waals surface area contributed by atoms with Crippen LogP contribution in [-0.2, 0) is 10.0 Å². The number of thiophene rings is 1.